The molecule has 0 spiro atoms. The average molecular weight is 240 g/mol. The smallest absolute Gasteiger partial charge is 0.120 e. The summed E-state index contributed by atoms with van der Waals surface area (Å²) in [5.41, 5.74) is 2.84. The van der Waals surface area contributed by atoms with Gasteiger partial charge in [-0.15, -0.1) is 0 Å². The van der Waals surface area contributed by atoms with E-state index in [0.717, 1.165) is 25.0 Å². The standard InChI is InChI=1S/C16H16O2/c17-14-6-9-15(10-7-14)18-16-8-5-12-3-1-2-4-13(12)11-16/h1-4,6-7,9-10,16-17H,5,8,11H2. The van der Waals surface area contributed by atoms with Crippen LogP contribution in [0, 0.1) is 0 Å². The fraction of sp³-hybridized carbons (Fsp3) is 0.250. The van der Waals surface area contributed by atoms with Crippen molar-refractivity contribution in [3.05, 3.63) is 59.7 Å². The van der Waals surface area contributed by atoms with Gasteiger partial charge in [0, 0.05) is 6.42 Å². The van der Waals surface area contributed by atoms with Crippen molar-refractivity contribution in [1.82, 2.24) is 0 Å². The lowest BCUT2D eigenvalue weighted by atomic mass is 9.90. The number of benzene rings is 2. The van der Waals surface area contributed by atoms with Crippen molar-refractivity contribution in [3.63, 3.8) is 0 Å². The van der Waals surface area contributed by atoms with Crippen molar-refractivity contribution in [2.45, 2.75) is 25.4 Å². The van der Waals surface area contributed by atoms with E-state index in [2.05, 4.69) is 24.3 Å². The molecule has 0 aliphatic heterocycles. The molecule has 0 saturated heterocycles. The monoisotopic (exact) mass is 240 g/mol. The number of fused-ring (bicyclic) bond motifs is 1. The summed E-state index contributed by atoms with van der Waals surface area (Å²) in [7, 11) is 0. The van der Waals surface area contributed by atoms with E-state index in [0.29, 0.717) is 0 Å². The molecular formula is C16H16O2. The quantitative estimate of drug-likeness (QED) is 0.872. The Balaban J connectivity index is 1.71. The van der Waals surface area contributed by atoms with Gasteiger partial charge in [-0.2, -0.15) is 0 Å². The maximum Gasteiger partial charge on any atom is 0.120 e. The third-order valence-corrected chi connectivity index (χ3v) is 3.44. The molecule has 0 heterocycles. The van der Waals surface area contributed by atoms with Gasteiger partial charge in [0.05, 0.1) is 0 Å². The van der Waals surface area contributed by atoms with Gasteiger partial charge >= 0.3 is 0 Å². The van der Waals surface area contributed by atoms with Crippen LogP contribution >= 0.6 is 0 Å². The van der Waals surface area contributed by atoms with Crippen LogP contribution in [0.1, 0.15) is 17.5 Å². The zero-order valence-electron chi connectivity index (χ0n) is 10.2. The second-order valence-electron chi connectivity index (χ2n) is 4.75. The molecule has 1 aliphatic rings. The van der Waals surface area contributed by atoms with Crippen molar-refractivity contribution < 1.29 is 9.84 Å². The maximum absolute atomic E-state index is 9.24. The van der Waals surface area contributed by atoms with Crippen molar-refractivity contribution in [2.24, 2.45) is 0 Å². The molecule has 0 aromatic heterocycles. The summed E-state index contributed by atoms with van der Waals surface area (Å²) in [6, 6.07) is 15.5. The molecule has 0 amide bonds. The zero-order chi connectivity index (χ0) is 12.4. The van der Waals surface area contributed by atoms with Crippen molar-refractivity contribution in [3.8, 4) is 11.5 Å². The molecule has 2 heteroatoms. The van der Waals surface area contributed by atoms with E-state index in [-0.39, 0.29) is 11.9 Å². The number of aromatic hydroxyl groups is 1. The highest BCUT2D eigenvalue weighted by Crippen LogP contribution is 2.25. The first-order valence-electron chi connectivity index (χ1n) is 6.34. The van der Waals surface area contributed by atoms with E-state index in [9.17, 15) is 5.11 Å². The number of phenolic OH excluding ortho intramolecular Hbond substituents is 1. The second-order valence-corrected chi connectivity index (χ2v) is 4.75. The number of hydrogen-bond donors (Lipinski definition) is 1. The Kier molecular flexibility index (Phi) is 2.93. The molecule has 0 saturated carbocycles. The number of ether oxygens (including phenoxy) is 1. The summed E-state index contributed by atoms with van der Waals surface area (Å²) >= 11 is 0. The minimum absolute atomic E-state index is 0.240. The van der Waals surface area contributed by atoms with E-state index >= 15 is 0 Å². The Morgan fingerprint density at radius 2 is 1.67 bits per heavy atom. The van der Waals surface area contributed by atoms with Gasteiger partial charge in [0.25, 0.3) is 0 Å². The predicted molar refractivity (Wildman–Crippen MR) is 71.0 cm³/mol. The topological polar surface area (TPSA) is 29.5 Å². The van der Waals surface area contributed by atoms with E-state index in [1.165, 1.54) is 11.1 Å². The highest BCUT2D eigenvalue weighted by Gasteiger charge is 2.19. The van der Waals surface area contributed by atoms with Crippen LogP contribution in [-0.2, 0) is 12.8 Å². The summed E-state index contributed by atoms with van der Waals surface area (Å²) in [4.78, 5) is 0. The SMILES string of the molecule is Oc1ccc(OC2CCc3ccccc3C2)cc1. The van der Waals surface area contributed by atoms with Gasteiger partial charge in [-0.1, -0.05) is 24.3 Å². The lowest BCUT2D eigenvalue weighted by molar-refractivity contribution is 0.184. The molecule has 1 N–H and O–H groups in total. The predicted octanol–water partition coefficient (Wildman–Crippen LogP) is 3.33. The molecule has 0 fully saturated rings. The lowest BCUT2D eigenvalue weighted by Crippen LogP contribution is -2.25. The second kappa shape index (κ2) is 4.73. The Morgan fingerprint density at radius 3 is 2.44 bits per heavy atom. The fourth-order valence-electron chi connectivity index (χ4n) is 2.48. The molecule has 1 aliphatic carbocycles. The number of aryl methyl sites for hydroxylation is 1. The van der Waals surface area contributed by atoms with Gasteiger partial charge in [-0.3, -0.25) is 0 Å². The van der Waals surface area contributed by atoms with Crippen molar-refractivity contribution in [1.29, 1.82) is 0 Å². The Morgan fingerprint density at radius 1 is 0.944 bits per heavy atom. The first-order valence-corrected chi connectivity index (χ1v) is 6.34. The molecule has 0 radical (unpaired) electrons. The van der Waals surface area contributed by atoms with Gasteiger partial charge < -0.3 is 9.84 Å². The molecule has 3 rings (SSSR count). The molecule has 2 nitrogen and oxygen atoms in total. The number of hydrogen-bond acceptors (Lipinski definition) is 2. The van der Waals surface area contributed by atoms with Crippen LogP contribution in [0.5, 0.6) is 11.5 Å². The summed E-state index contributed by atoms with van der Waals surface area (Å²) < 4.78 is 5.96. The molecule has 92 valence electrons. The average Bonchev–Trinajstić information content (AvgIpc) is 2.41. The van der Waals surface area contributed by atoms with Crippen LogP contribution < -0.4 is 4.74 Å². The highest BCUT2D eigenvalue weighted by molar-refractivity contribution is 5.32. The van der Waals surface area contributed by atoms with E-state index in [1.54, 1.807) is 12.1 Å². The summed E-state index contributed by atoms with van der Waals surface area (Å²) in [5, 5.41) is 9.24. The van der Waals surface area contributed by atoms with Crippen LogP contribution in [0.15, 0.2) is 48.5 Å². The van der Waals surface area contributed by atoms with Gasteiger partial charge in [0.1, 0.15) is 17.6 Å². The molecule has 1 atom stereocenters. The first-order chi connectivity index (χ1) is 8.81. The Labute approximate surface area is 107 Å². The van der Waals surface area contributed by atoms with Crippen LogP contribution in [0.2, 0.25) is 0 Å². The molecule has 0 bridgehead atoms. The maximum atomic E-state index is 9.24. The van der Waals surface area contributed by atoms with Crippen LogP contribution in [0.3, 0.4) is 0 Å². The molecular weight excluding hydrogens is 224 g/mol. The molecule has 18 heavy (non-hydrogen) atoms. The normalized spacial score (nSPS) is 18.1. The summed E-state index contributed by atoms with van der Waals surface area (Å²) in [6.07, 6.45) is 3.35. The van der Waals surface area contributed by atoms with E-state index in [4.69, 9.17) is 4.74 Å². The van der Waals surface area contributed by atoms with Gasteiger partial charge in [0.15, 0.2) is 0 Å². The van der Waals surface area contributed by atoms with Gasteiger partial charge in [-0.05, 0) is 48.2 Å². The minimum Gasteiger partial charge on any atom is -0.508 e. The zero-order valence-corrected chi connectivity index (χ0v) is 10.2. The number of phenols is 1. The molecule has 2 aromatic carbocycles. The Hall–Kier alpha value is -1.96. The van der Waals surface area contributed by atoms with Crippen LogP contribution in [0.4, 0.5) is 0 Å². The van der Waals surface area contributed by atoms with Crippen LogP contribution in [0.25, 0.3) is 0 Å². The van der Waals surface area contributed by atoms with E-state index in [1.807, 2.05) is 12.1 Å². The van der Waals surface area contributed by atoms with Crippen molar-refractivity contribution in [2.75, 3.05) is 0 Å². The lowest BCUT2D eigenvalue weighted by Gasteiger charge is -2.25. The first kappa shape index (κ1) is 11.1. The highest BCUT2D eigenvalue weighted by atomic mass is 16.5. The van der Waals surface area contributed by atoms with Gasteiger partial charge in [0.2, 0.25) is 0 Å². The van der Waals surface area contributed by atoms with Crippen molar-refractivity contribution >= 4 is 0 Å². The third kappa shape index (κ3) is 2.33. The molecule has 2 aromatic rings. The minimum atomic E-state index is 0.240. The molecule has 1 unspecified atom stereocenters. The summed E-state index contributed by atoms with van der Waals surface area (Å²) in [6.45, 7) is 0. The largest absolute Gasteiger partial charge is 0.508 e. The van der Waals surface area contributed by atoms with Crippen LogP contribution in [-0.4, -0.2) is 11.2 Å². The number of rotatable bonds is 2. The van der Waals surface area contributed by atoms with E-state index < -0.39 is 0 Å². The Bertz CT molecular complexity index is 531. The third-order valence-electron chi connectivity index (χ3n) is 3.44. The van der Waals surface area contributed by atoms with Gasteiger partial charge in [-0.25, -0.2) is 0 Å². The fourth-order valence-corrected chi connectivity index (χ4v) is 2.48. The summed E-state index contributed by atoms with van der Waals surface area (Å²) in [5.74, 6) is 1.11.